The number of nitrogens with zero attached hydrogens (tertiary/aromatic N) is 2. The Morgan fingerprint density at radius 3 is 2.85 bits per heavy atom. The van der Waals surface area contributed by atoms with Crippen LogP contribution in [0, 0.1) is 11.3 Å². The van der Waals surface area contributed by atoms with Crippen LogP contribution >= 0.6 is 11.3 Å². The summed E-state index contributed by atoms with van der Waals surface area (Å²) in [5.41, 5.74) is 2.91. The molecule has 1 fully saturated rings. The number of rotatable bonds is 8. The maximum absolute atomic E-state index is 11.9. The van der Waals surface area contributed by atoms with E-state index in [2.05, 4.69) is 23.3 Å². The molecule has 3 rings (SSSR count). The standard InChI is InChI=1S/C20H21N3O2S/c1-2-3-10-25-20(24)15-6-8-17(9-7-15)22-12-16(11-21)19-23-18(13-26-19)14-4-5-14/h6-9,12-14,22H,2-5,10H2,1H3. The zero-order valence-electron chi connectivity index (χ0n) is 14.7. The first-order chi connectivity index (χ1) is 12.7. The van der Waals surface area contributed by atoms with Crippen molar-refractivity contribution in [1.82, 2.24) is 4.98 Å². The molecule has 6 heteroatoms. The molecule has 0 saturated heterocycles. The van der Waals surface area contributed by atoms with Gasteiger partial charge < -0.3 is 10.1 Å². The lowest BCUT2D eigenvalue weighted by molar-refractivity contribution is 0.0500. The Morgan fingerprint density at radius 2 is 2.19 bits per heavy atom. The lowest BCUT2D eigenvalue weighted by atomic mass is 10.2. The minimum atomic E-state index is -0.311. The molecule has 0 amide bonds. The van der Waals surface area contributed by atoms with E-state index in [1.54, 1.807) is 30.5 Å². The molecule has 1 aromatic heterocycles. The third kappa shape index (κ3) is 4.70. The van der Waals surface area contributed by atoms with Gasteiger partial charge >= 0.3 is 5.97 Å². The van der Waals surface area contributed by atoms with Crippen LogP contribution in [0.1, 0.15) is 59.6 Å². The Bertz CT molecular complexity index is 829. The molecular weight excluding hydrogens is 346 g/mol. The molecule has 0 bridgehead atoms. The van der Waals surface area contributed by atoms with E-state index in [-0.39, 0.29) is 5.97 Å². The minimum absolute atomic E-state index is 0.311. The maximum atomic E-state index is 11.9. The smallest absolute Gasteiger partial charge is 0.338 e. The molecule has 2 aromatic rings. The van der Waals surface area contributed by atoms with Gasteiger partial charge in [0.15, 0.2) is 0 Å². The van der Waals surface area contributed by atoms with E-state index in [4.69, 9.17) is 4.74 Å². The number of carbonyl (C=O) groups is 1. The molecule has 0 aliphatic heterocycles. The van der Waals surface area contributed by atoms with Crippen LogP contribution in [0.2, 0.25) is 0 Å². The molecule has 0 atom stereocenters. The van der Waals surface area contributed by atoms with Gasteiger partial charge in [0.05, 0.1) is 17.9 Å². The highest BCUT2D eigenvalue weighted by Gasteiger charge is 2.26. The molecule has 1 N–H and O–H groups in total. The second-order valence-electron chi connectivity index (χ2n) is 6.23. The van der Waals surface area contributed by atoms with Gasteiger partial charge in [-0.15, -0.1) is 11.3 Å². The predicted octanol–water partition coefficient (Wildman–Crippen LogP) is 4.95. The molecule has 134 valence electrons. The third-order valence-electron chi connectivity index (χ3n) is 4.10. The van der Waals surface area contributed by atoms with Crippen molar-refractivity contribution in [3.8, 4) is 6.07 Å². The van der Waals surface area contributed by atoms with Gasteiger partial charge in [0, 0.05) is 23.2 Å². The van der Waals surface area contributed by atoms with E-state index in [1.807, 2.05) is 5.38 Å². The molecule has 26 heavy (non-hydrogen) atoms. The summed E-state index contributed by atoms with van der Waals surface area (Å²) in [6, 6.07) is 9.20. The summed E-state index contributed by atoms with van der Waals surface area (Å²) >= 11 is 1.50. The van der Waals surface area contributed by atoms with Crippen molar-refractivity contribution in [2.45, 2.75) is 38.5 Å². The number of benzene rings is 1. The van der Waals surface area contributed by atoms with Gasteiger partial charge in [0.1, 0.15) is 16.6 Å². The monoisotopic (exact) mass is 367 g/mol. The van der Waals surface area contributed by atoms with Crippen molar-refractivity contribution in [3.05, 3.63) is 52.1 Å². The second kappa shape index (κ2) is 8.63. The average molecular weight is 367 g/mol. The van der Waals surface area contributed by atoms with Crippen molar-refractivity contribution in [2.24, 2.45) is 0 Å². The van der Waals surface area contributed by atoms with Gasteiger partial charge in [-0.2, -0.15) is 5.26 Å². The summed E-state index contributed by atoms with van der Waals surface area (Å²) in [4.78, 5) is 16.4. The van der Waals surface area contributed by atoms with Crippen molar-refractivity contribution in [2.75, 3.05) is 11.9 Å². The second-order valence-corrected chi connectivity index (χ2v) is 7.09. The fourth-order valence-electron chi connectivity index (χ4n) is 2.37. The zero-order chi connectivity index (χ0) is 18.4. The van der Waals surface area contributed by atoms with Gasteiger partial charge in [-0.25, -0.2) is 9.78 Å². The maximum Gasteiger partial charge on any atom is 0.338 e. The van der Waals surface area contributed by atoms with Crippen LogP contribution in [0.25, 0.3) is 5.57 Å². The van der Waals surface area contributed by atoms with Crippen LogP contribution < -0.4 is 5.32 Å². The van der Waals surface area contributed by atoms with Gasteiger partial charge in [0.25, 0.3) is 0 Å². The Labute approximate surface area is 157 Å². The molecule has 1 heterocycles. The number of unbranched alkanes of at least 4 members (excludes halogenated alkanes) is 1. The molecule has 1 saturated carbocycles. The van der Waals surface area contributed by atoms with Crippen LogP contribution in [-0.4, -0.2) is 17.6 Å². The lowest BCUT2D eigenvalue weighted by Gasteiger charge is -2.05. The quantitative estimate of drug-likeness (QED) is 0.406. The Hall–Kier alpha value is -2.65. The summed E-state index contributed by atoms with van der Waals surface area (Å²) < 4.78 is 5.19. The lowest BCUT2D eigenvalue weighted by Crippen LogP contribution is -2.06. The van der Waals surface area contributed by atoms with Crippen molar-refractivity contribution < 1.29 is 9.53 Å². The van der Waals surface area contributed by atoms with Crippen molar-refractivity contribution in [1.29, 1.82) is 5.26 Å². The number of hydrogen-bond acceptors (Lipinski definition) is 6. The van der Waals surface area contributed by atoms with E-state index in [9.17, 15) is 10.1 Å². The summed E-state index contributed by atoms with van der Waals surface area (Å²) in [6.45, 7) is 2.50. The van der Waals surface area contributed by atoms with Crippen LogP contribution in [-0.2, 0) is 4.74 Å². The topological polar surface area (TPSA) is 75.0 Å². The summed E-state index contributed by atoms with van der Waals surface area (Å²) in [6.07, 6.45) is 5.90. The molecule has 1 aliphatic carbocycles. The van der Waals surface area contributed by atoms with Crippen molar-refractivity contribution >= 4 is 28.6 Å². The molecule has 1 aliphatic rings. The first-order valence-electron chi connectivity index (χ1n) is 8.81. The summed E-state index contributed by atoms with van der Waals surface area (Å²) in [5.74, 6) is 0.270. The molecule has 0 unspecified atom stereocenters. The first kappa shape index (κ1) is 18.2. The summed E-state index contributed by atoms with van der Waals surface area (Å²) in [7, 11) is 0. The van der Waals surface area contributed by atoms with E-state index in [0.717, 1.165) is 29.2 Å². The molecule has 1 aromatic carbocycles. The Balaban J connectivity index is 1.61. The largest absolute Gasteiger partial charge is 0.462 e. The van der Waals surface area contributed by atoms with Crippen LogP contribution in [0.15, 0.2) is 35.8 Å². The Kier molecular flexibility index (Phi) is 6.03. The third-order valence-corrected chi connectivity index (χ3v) is 5.00. The van der Waals surface area contributed by atoms with E-state index in [1.165, 1.54) is 24.2 Å². The molecular formula is C20H21N3O2S. The van der Waals surface area contributed by atoms with Gasteiger partial charge in [-0.1, -0.05) is 13.3 Å². The highest BCUT2D eigenvalue weighted by atomic mass is 32.1. The number of anilines is 1. The van der Waals surface area contributed by atoms with E-state index >= 15 is 0 Å². The van der Waals surface area contributed by atoms with Crippen LogP contribution in [0.5, 0.6) is 0 Å². The van der Waals surface area contributed by atoms with Gasteiger partial charge in [-0.3, -0.25) is 0 Å². The number of ether oxygens (including phenoxy) is 1. The molecule has 5 nitrogen and oxygen atoms in total. The molecule has 0 radical (unpaired) electrons. The predicted molar refractivity (Wildman–Crippen MR) is 103 cm³/mol. The number of nitrogens with one attached hydrogen (secondary N) is 1. The average Bonchev–Trinajstić information content (AvgIpc) is 3.41. The Morgan fingerprint density at radius 1 is 1.42 bits per heavy atom. The number of esters is 1. The summed E-state index contributed by atoms with van der Waals surface area (Å²) in [5, 5.41) is 15.3. The highest BCUT2D eigenvalue weighted by Crippen LogP contribution is 2.40. The first-order valence-corrected chi connectivity index (χ1v) is 9.69. The number of aromatic nitrogens is 1. The van der Waals surface area contributed by atoms with Crippen LogP contribution in [0.3, 0.4) is 0 Å². The van der Waals surface area contributed by atoms with Gasteiger partial charge in [-0.05, 0) is 43.5 Å². The normalized spacial score (nSPS) is 13.9. The van der Waals surface area contributed by atoms with E-state index < -0.39 is 0 Å². The number of thiazole rings is 1. The number of nitriles is 1. The van der Waals surface area contributed by atoms with Crippen molar-refractivity contribution in [3.63, 3.8) is 0 Å². The number of hydrogen-bond donors (Lipinski definition) is 1. The highest BCUT2D eigenvalue weighted by molar-refractivity contribution is 7.10. The molecule has 0 spiro atoms. The SMILES string of the molecule is CCCCOC(=O)c1ccc(NC=C(C#N)c2nc(C3CC3)cs2)cc1. The fraction of sp³-hybridized carbons (Fsp3) is 0.350. The van der Waals surface area contributed by atoms with Crippen LogP contribution in [0.4, 0.5) is 5.69 Å². The van der Waals surface area contributed by atoms with E-state index in [0.29, 0.717) is 23.7 Å². The fourth-order valence-corrected chi connectivity index (χ4v) is 3.24. The zero-order valence-corrected chi connectivity index (χ0v) is 15.5. The number of carbonyl (C=O) groups excluding carboxylic acids is 1. The number of allylic oxidation sites excluding steroid dienone is 1. The minimum Gasteiger partial charge on any atom is -0.462 e. The van der Waals surface area contributed by atoms with Gasteiger partial charge in [0.2, 0.25) is 0 Å².